The van der Waals surface area contributed by atoms with Crippen LogP contribution in [0.15, 0.2) is 41.6 Å². The van der Waals surface area contributed by atoms with Crippen molar-refractivity contribution in [3.05, 3.63) is 36.5 Å². The number of para-hydroxylation sites is 2. The Balaban J connectivity index is 1.95. The molecule has 8 heteroatoms. The number of carbonyl (C=O) groups is 1. The maximum Gasteiger partial charge on any atom is 0.278 e. The molecule has 1 aliphatic heterocycles. The van der Waals surface area contributed by atoms with E-state index in [-0.39, 0.29) is 10.9 Å². The van der Waals surface area contributed by atoms with Gasteiger partial charge < -0.3 is 4.90 Å². The number of rotatable bonds is 4. The van der Waals surface area contributed by atoms with Crippen molar-refractivity contribution in [2.75, 3.05) is 16.2 Å². The lowest BCUT2D eigenvalue weighted by atomic mass is 10.2. The Morgan fingerprint density at radius 2 is 2.05 bits per heavy atom. The van der Waals surface area contributed by atoms with Crippen LogP contribution < -0.4 is 9.62 Å². The summed E-state index contributed by atoms with van der Waals surface area (Å²) in [6.45, 7) is 0.599. The van der Waals surface area contributed by atoms with Crippen molar-refractivity contribution in [3.8, 4) is 0 Å². The Hall–Kier alpha value is -2.35. The van der Waals surface area contributed by atoms with Gasteiger partial charge in [-0.25, -0.2) is 0 Å². The summed E-state index contributed by atoms with van der Waals surface area (Å²) in [5, 5.41) is 6.02. The maximum atomic E-state index is 12.2. The quantitative estimate of drug-likeness (QED) is 0.891. The van der Waals surface area contributed by atoms with E-state index in [9.17, 15) is 13.2 Å². The summed E-state index contributed by atoms with van der Waals surface area (Å²) in [5.41, 5.74) is 0.949. The van der Waals surface area contributed by atoms with Crippen LogP contribution >= 0.6 is 0 Å². The van der Waals surface area contributed by atoms with E-state index in [1.165, 1.54) is 12.3 Å². The van der Waals surface area contributed by atoms with Gasteiger partial charge in [-0.1, -0.05) is 12.1 Å². The number of hydrogen-bond acceptors (Lipinski definition) is 4. The van der Waals surface area contributed by atoms with Gasteiger partial charge in [-0.2, -0.15) is 13.5 Å². The molecule has 0 radical (unpaired) electrons. The number of anilines is 2. The van der Waals surface area contributed by atoms with Crippen LogP contribution in [-0.2, 0) is 14.8 Å². The van der Waals surface area contributed by atoms with Crippen LogP contribution in [-0.4, -0.2) is 31.1 Å². The largest absolute Gasteiger partial charge is 0.310 e. The zero-order chi connectivity index (χ0) is 14.9. The molecule has 1 amide bonds. The minimum absolute atomic E-state index is 0.00295. The number of nitrogens with one attached hydrogen (secondary N) is 2. The lowest BCUT2D eigenvalue weighted by Gasteiger charge is -2.20. The van der Waals surface area contributed by atoms with Crippen molar-refractivity contribution >= 4 is 27.3 Å². The average molecular weight is 306 g/mol. The lowest BCUT2D eigenvalue weighted by molar-refractivity contribution is -0.117. The number of sulfonamides is 1. The number of benzene rings is 1. The first-order valence-electron chi connectivity index (χ1n) is 6.49. The van der Waals surface area contributed by atoms with Crippen molar-refractivity contribution in [2.24, 2.45) is 0 Å². The molecule has 3 rings (SSSR count). The minimum atomic E-state index is -3.75. The van der Waals surface area contributed by atoms with Crippen LogP contribution in [0.1, 0.15) is 12.8 Å². The normalized spacial score (nSPS) is 15.4. The first-order valence-corrected chi connectivity index (χ1v) is 7.98. The van der Waals surface area contributed by atoms with Gasteiger partial charge in [0.15, 0.2) is 5.03 Å². The van der Waals surface area contributed by atoms with Crippen LogP contribution in [0.4, 0.5) is 11.4 Å². The predicted octanol–water partition coefficient (Wildman–Crippen LogP) is 1.34. The third-order valence-corrected chi connectivity index (χ3v) is 4.57. The Labute approximate surface area is 122 Å². The van der Waals surface area contributed by atoms with E-state index in [1.807, 2.05) is 0 Å². The summed E-state index contributed by atoms with van der Waals surface area (Å²) in [7, 11) is -3.75. The second-order valence-corrected chi connectivity index (χ2v) is 6.34. The fourth-order valence-corrected chi connectivity index (χ4v) is 3.28. The van der Waals surface area contributed by atoms with E-state index in [0.717, 1.165) is 6.42 Å². The number of aromatic nitrogens is 2. The monoisotopic (exact) mass is 306 g/mol. The van der Waals surface area contributed by atoms with E-state index in [2.05, 4.69) is 14.9 Å². The highest BCUT2D eigenvalue weighted by Crippen LogP contribution is 2.30. The van der Waals surface area contributed by atoms with Crippen molar-refractivity contribution < 1.29 is 13.2 Å². The van der Waals surface area contributed by atoms with Crippen molar-refractivity contribution in [1.29, 1.82) is 0 Å². The molecule has 0 saturated carbocycles. The fourth-order valence-electron chi connectivity index (χ4n) is 2.29. The molecule has 0 aliphatic carbocycles. The maximum absolute atomic E-state index is 12.2. The summed E-state index contributed by atoms with van der Waals surface area (Å²) >= 11 is 0. The van der Waals surface area contributed by atoms with Crippen LogP contribution in [0.25, 0.3) is 0 Å². The van der Waals surface area contributed by atoms with Gasteiger partial charge in [0.2, 0.25) is 5.91 Å². The highest BCUT2D eigenvalue weighted by atomic mass is 32.2. The highest BCUT2D eigenvalue weighted by molar-refractivity contribution is 7.92. The van der Waals surface area contributed by atoms with E-state index < -0.39 is 10.0 Å². The molecular formula is C13H14N4O3S. The van der Waals surface area contributed by atoms with Gasteiger partial charge >= 0.3 is 0 Å². The van der Waals surface area contributed by atoms with Crippen molar-refractivity contribution in [3.63, 3.8) is 0 Å². The molecule has 1 aliphatic rings. The van der Waals surface area contributed by atoms with Crippen molar-refractivity contribution in [2.45, 2.75) is 17.9 Å². The van der Waals surface area contributed by atoms with Crippen LogP contribution in [0.2, 0.25) is 0 Å². The standard InChI is InChI=1S/C13H14N4O3S/c18-13-6-3-9-17(13)11-5-2-1-4-10(11)16-21(19,20)12-7-8-14-15-12/h1-2,4-5,7-8,16H,3,6,9H2,(H,14,15). The number of carbonyl (C=O) groups excluding carboxylic acids is 1. The molecule has 1 fully saturated rings. The van der Waals surface area contributed by atoms with Gasteiger partial charge in [0.1, 0.15) is 0 Å². The lowest BCUT2D eigenvalue weighted by Crippen LogP contribution is -2.25. The average Bonchev–Trinajstić information content (AvgIpc) is 3.10. The Morgan fingerprint density at radius 3 is 2.71 bits per heavy atom. The molecule has 7 nitrogen and oxygen atoms in total. The second kappa shape index (κ2) is 5.21. The first-order chi connectivity index (χ1) is 10.1. The van der Waals surface area contributed by atoms with E-state index in [1.54, 1.807) is 29.2 Å². The van der Waals surface area contributed by atoms with Gasteiger partial charge in [-0.3, -0.25) is 14.6 Å². The molecular weight excluding hydrogens is 292 g/mol. The minimum Gasteiger partial charge on any atom is -0.310 e. The molecule has 0 unspecified atom stereocenters. The molecule has 1 aromatic carbocycles. The molecule has 2 N–H and O–H groups in total. The highest BCUT2D eigenvalue weighted by Gasteiger charge is 2.25. The SMILES string of the molecule is O=C1CCCN1c1ccccc1NS(=O)(=O)c1ccn[nH]1. The van der Waals surface area contributed by atoms with Gasteiger partial charge in [0, 0.05) is 13.0 Å². The number of H-pyrrole nitrogens is 1. The molecule has 1 saturated heterocycles. The van der Waals surface area contributed by atoms with Crippen molar-refractivity contribution in [1.82, 2.24) is 10.2 Å². The summed E-state index contributed by atoms with van der Waals surface area (Å²) in [6.07, 6.45) is 2.63. The smallest absolute Gasteiger partial charge is 0.278 e. The number of amides is 1. The van der Waals surface area contributed by atoms with E-state index in [4.69, 9.17) is 0 Å². The summed E-state index contributed by atoms with van der Waals surface area (Å²) in [6, 6.07) is 8.22. The third kappa shape index (κ3) is 2.62. The first kappa shape index (κ1) is 13.6. The van der Waals surface area contributed by atoms with Crippen LogP contribution in [0.5, 0.6) is 0 Å². The summed E-state index contributed by atoms with van der Waals surface area (Å²) in [4.78, 5) is 13.5. The Morgan fingerprint density at radius 1 is 1.24 bits per heavy atom. The molecule has 2 aromatic rings. The second-order valence-electron chi connectivity index (χ2n) is 4.69. The van der Waals surface area contributed by atoms with Crippen LogP contribution in [0, 0.1) is 0 Å². The van der Waals surface area contributed by atoms with E-state index >= 15 is 0 Å². The molecule has 0 atom stereocenters. The molecule has 21 heavy (non-hydrogen) atoms. The Kier molecular flexibility index (Phi) is 3.38. The summed E-state index contributed by atoms with van der Waals surface area (Å²) in [5.74, 6) is 0.00295. The number of aromatic amines is 1. The molecule has 0 bridgehead atoms. The molecule has 2 heterocycles. The number of hydrogen-bond donors (Lipinski definition) is 2. The molecule has 1 aromatic heterocycles. The summed E-state index contributed by atoms with van der Waals surface area (Å²) < 4.78 is 26.9. The zero-order valence-electron chi connectivity index (χ0n) is 11.1. The van der Waals surface area contributed by atoms with Gasteiger partial charge in [-0.05, 0) is 24.6 Å². The predicted molar refractivity (Wildman–Crippen MR) is 77.4 cm³/mol. The fraction of sp³-hybridized carbons (Fsp3) is 0.231. The van der Waals surface area contributed by atoms with Crippen LogP contribution in [0.3, 0.4) is 0 Å². The van der Waals surface area contributed by atoms with Gasteiger partial charge in [0.25, 0.3) is 10.0 Å². The van der Waals surface area contributed by atoms with E-state index in [0.29, 0.717) is 24.3 Å². The third-order valence-electron chi connectivity index (χ3n) is 3.28. The topological polar surface area (TPSA) is 95.2 Å². The molecule has 0 spiro atoms. The molecule has 110 valence electrons. The number of nitrogens with zero attached hydrogens (tertiary/aromatic N) is 2. The Bertz CT molecular complexity index is 755. The zero-order valence-corrected chi connectivity index (χ0v) is 11.9. The van der Waals surface area contributed by atoms with Gasteiger partial charge in [0.05, 0.1) is 17.6 Å². The van der Waals surface area contributed by atoms with Gasteiger partial charge in [-0.15, -0.1) is 0 Å².